The highest BCUT2D eigenvalue weighted by Gasteiger charge is 2.23. The lowest BCUT2D eigenvalue weighted by Crippen LogP contribution is -2.46. The van der Waals surface area contributed by atoms with E-state index >= 15 is 0 Å². The molecule has 0 spiro atoms. The highest BCUT2D eigenvalue weighted by Crippen LogP contribution is 2.20. The lowest BCUT2D eigenvalue weighted by Gasteiger charge is -2.34. The van der Waals surface area contributed by atoms with E-state index in [4.69, 9.17) is 5.26 Å². The lowest BCUT2D eigenvalue weighted by atomic mass is 9.93. The molecule has 0 saturated carbocycles. The molecule has 0 atom stereocenters. The number of hydrogen-bond donors (Lipinski definition) is 2. The van der Waals surface area contributed by atoms with Gasteiger partial charge in [0, 0.05) is 38.7 Å². The average molecular weight is 359 g/mol. The van der Waals surface area contributed by atoms with Gasteiger partial charge in [0.15, 0.2) is 5.96 Å². The van der Waals surface area contributed by atoms with Crippen molar-refractivity contribution in [2.75, 3.05) is 26.7 Å². The number of guanidine groups is 1. The Hall–Kier alpha value is -2.62. The van der Waals surface area contributed by atoms with E-state index in [1.807, 2.05) is 13.0 Å². The van der Waals surface area contributed by atoms with Crippen LogP contribution in [0.4, 0.5) is 4.39 Å². The number of aliphatic imine (C=N–C) groups is 1. The molecule has 7 heteroatoms. The number of nitrogens with zero attached hydrogens (tertiary/aromatic N) is 3. The molecule has 1 aliphatic rings. The number of likely N-dealkylation sites (tertiary alicyclic amines) is 1. The number of nitrogens with one attached hydrogen (secondary N) is 2. The van der Waals surface area contributed by atoms with Gasteiger partial charge in [-0.3, -0.25) is 4.79 Å². The van der Waals surface area contributed by atoms with E-state index in [0.717, 1.165) is 38.4 Å². The van der Waals surface area contributed by atoms with Crippen LogP contribution in [0.1, 0.15) is 37.3 Å². The third-order valence-corrected chi connectivity index (χ3v) is 4.58. The van der Waals surface area contributed by atoms with Crippen LogP contribution >= 0.6 is 0 Å². The van der Waals surface area contributed by atoms with Crippen molar-refractivity contribution in [3.63, 3.8) is 0 Å². The van der Waals surface area contributed by atoms with Crippen molar-refractivity contribution in [2.24, 2.45) is 10.9 Å². The number of hydrogen-bond acceptors (Lipinski definition) is 3. The highest BCUT2D eigenvalue weighted by molar-refractivity contribution is 5.80. The van der Waals surface area contributed by atoms with Gasteiger partial charge in [0.1, 0.15) is 5.82 Å². The van der Waals surface area contributed by atoms with Crippen LogP contribution in [0.2, 0.25) is 0 Å². The quantitative estimate of drug-likeness (QED) is 0.622. The van der Waals surface area contributed by atoms with Gasteiger partial charge >= 0.3 is 0 Å². The van der Waals surface area contributed by atoms with Gasteiger partial charge in [-0.25, -0.2) is 9.38 Å². The lowest BCUT2D eigenvalue weighted by molar-refractivity contribution is -0.121. The van der Waals surface area contributed by atoms with Gasteiger partial charge in [-0.05, 0) is 43.9 Å². The number of piperidine rings is 1. The summed E-state index contributed by atoms with van der Waals surface area (Å²) in [5.74, 6) is 0.858. The van der Waals surface area contributed by atoms with Crippen molar-refractivity contribution >= 4 is 11.9 Å². The molecular formula is C19H26FN5O. The van der Waals surface area contributed by atoms with Crippen LogP contribution in [0, 0.1) is 23.1 Å². The van der Waals surface area contributed by atoms with E-state index in [2.05, 4.69) is 20.5 Å². The van der Waals surface area contributed by atoms with E-state index in [-0.39, 0.29) is 18.3 Å². The van der Waals surface area contributed by atoms with Crippen molar-refractivity contribution in [1.82, 2.24) is 15.5 Å². The first kappa shape index (κ1) is 19.7. The standard InChI is InChI=1S/C19H26FN5O/c1-3-23-19(24-13-16-10-15(12-21)4-5-17(16)20)25-8-6-14(7-9-25)11-18(26)22-2/h4-5,10,14H,3,6-9,11,13H2,1-2H3,(H,22,26)(H,23,24). The molecule has 6 nitrogen and oxygen atoms in total. The maximum atomic E-state index is 13.9. The summed E-state index contributed by atoms with van der Waals surface area (Å²) in [6, 6.07) is 6.33. The second kappa shape index (κ2) is 9.76. The van der Waals surface area contributed by atoms with Crippen LogP contribution < -0.4 is 10.6 Å². The van der Waals surface area contributed by atoms with Crippen LogP contribution in [0.3, 0.4) is 0 Å². The Morgan fingerprint density at radius 1 is 1.42 bits per heavy atom. The van der Waals surface area contributed by atoms with E-state index in [9.17, 15) is 9.18 Å². The van der Waals surface area contributed by atoms with Crippen LogP contribution in [0.15, 0.2) is 23.2 Å². The normalized spacial score (nSPS) is 15.5. The molecule has 26 heavy (non-hydrogen) atoms. The SMILES string of the molecule is CCNC(=NCc1cc(C#N)ccc1F)N1CCC(CC(=O)NC)CC1. The van der Waals surface area contributed by atoms with E-state index in [1.165, 1.54) is 18.2 Å². The summed E-state index contributed by atoms with van der Waals surface area (Å²) in [5, 5.41) is 14.9. The number of nitriles is 1. The number of carbonyl (C=O) groups excluding carboxylic acids is 1. The van der Waals surface area contributed by atoms with Crippen LogP contribution in [-0.2, 0) is 11.3 Å². The summed E-state index contributed by atoms with van der Waals surface area (Å²) in [5.41, 5.74) is 0.838. The molecule has 0 aromatic heterocycles. The second-order valence-corrected chi connectivity index (χ2v) is 6.40. The Morgan fingerprint density at radius 2 is 2.15 bits per heavy atom. The highest BCUT2D eigenvalue weighted by atomic mass is 19.1. The molecule has 0 aliphatic carbocycles. The third kappa shape index (κ3) is 5.45. The van der Waals surface area contributed by atoms with Crippen molar-refractivity contribution in [3.8, 4) is 6.07 Å². The molecule has 2 rings (SSSR count). The van der Waals surface area contributed by atoms with Crippen molar-refractivity contribution in [2.45, 2.75) is 32.7 Å². The first-order chi connectivity index (χ1) is 12.6. The molecular weight excluding hydrogens is 333 g/mol. The molecule has 140 valence electrons. The predicted octanol–water partition coefficient (Wildman–Crippen LogP) is 2.01. The minimum atomic E-state index is -0.354. The average Bonchev–Trinajstić information content (AvgIpc) is 2.67. The van der Waals surface area contributed by atoms with Crippen molar-refractivity contribution < 1.29 is 9.18 Å². The molecule has 1 saturated heterocycles. The molecule has 0 radical (unpaired) electrons. The molecule has 1 aromatic carbocycles. The van der Waals surface area contributed by atoms with Gasteiger partial charge in [0.2, 0.25) is 5.91 Å². The number of carbonyl (C=O) groups is 1. The molecule has 1 aromatic rings. The smallest absolute Gasteiger partial charge is 0.220 e. The zero-order valence-electron chi connectivity index (χ0n) is 15.4. The minimum Gasteiger partial charge on any atom is -0.359 e. The maximum Gasteiger partial charge on any atom is 0.220 e. The molecule has 0 bridgehead atoms. The zero-order valence-corrected chi connectivity index (χ0v) is 15.4. The van der Waals surface area contributed by atoms with Gasteiger partial charge in [-0.15, -0.1) is 0 Å². The number of halogens is 1. The summed E-state index contributed by atoms with van der Waals surface area (Å²) in [7, 11) is 1.66. The first-order valence-corrected chi connectivity index (χ1v) is 8.99. The molecule has 2 N–H and O–H groups in total. The Balaban J connectivity index is 2.02. The summed E-state index contributed by atoms with van der Waals surface area (Å²) < 4.78 is 13.9. The number of benzene rings is 1. The molecule has 1 amide bonds. The number of amides is 1. The Labute approximate surface area is 154 Å². The summed E-state index contributed by atoms with van der Waals surface area (Å²) in [6.45, 7) is 4.52. The topological polar surface area (TPSA) is 80.5 Å². The van der Waals surface area contributed by atoms with Gasteiger partial charge in [-0.2, -0.15) is 5.26 Å². The van der Waals surface area contributed by atoms with Crippen LogP contribution in [0.5, 0.6) is 0 Å². The summed E-state index contributed by atoms with van der Waals surface area (Å²) in [6.07, 6.45) is 2.41. The zero-order chi connectivity index (χ0) is 18.9. The molecule has 1 fully saturated rings. The fourth-order valence-electron chi connectivity index (χ4n) is 3.06. The molecule has 0 unspecified atom stereocenters. The second-order valence-electron chi connectivity index (χ2n) is 6.40. The van der Waals surface area contributed by atoms with Gasteiger partial charge < -0.3 is 15.5 Å². The summed E-state index contributed by atoms with van der Waals surface area (Å²) in [4.78, 5) is 18.2. The van der Waals surface area contributed by atoms with Gasteiger partial charge in [0.05, 0.1) is 18.2 Å². The van der Waals surface area contributed by atoms with Crippen LogP contribution in [0.25, 0.3) is 0 Å². The molecule has 1 heterocycles. The van der Waals surface area contributed by atoms with Crippen molar-refractivity contribution in [3.05, 3.63) is 35.1 Å². The first-order valence-electron chi connectivity index (χ1n) is 8.99. The van der Waals surface area contributed by atoms with E-state index < -0.39 is 0 Å². The van der Waals surface area contributed by atoms with Crippen molar-refractivity contribution in [1.29, 1.82) is 5.26 Å². The molecule has 1 aliphatic heterocycles. The summed E-state index contributed by atoms with van der Waals surface area (Å²) >= 11 is 0. The van der Waals surface area contributed by atoms with E-state index in [0.29, 0.717) is 23.5 Å². The Bertz CT molecular complexity index is 690. The van der Waals surface area contributed by atoms with E-state index in [1.54, 1.807) is 7.05 Å². The fraction of sp³-hybridized carbons (Fsp3) is 0.526. The van der Waals surface area contributed by atoms with Crippen LogP contribution in [-0.4, -0.2) is 43.4 Å². The predicted molar refractivity (Wildman–Crippen MR) is 98.9 cm³/mol. The Kier molecular flexibility index (Phi) is 7.39. The van der Waals surface area contributed by atoms with Gasteiger partial charge in [-0.1, -0.05) is 0 Å². The largest absolute Gasteiger partial charge is 0.359 e. The fourth-order valence-corrected chi connectivity index (χ4v) is 3.06. The maximum absolute atomic E-state index is 13.9. The third-order valence-electron chi connectivity index (χ3n) is 4.58. The van der Waals surface area contributed by atoms with Gasteiger partial charge in [0.25, 0.3) is 0 Å². The number of rotatable bonds is 5. The monoisotopic (exact) mass is 359 g/mol. The Morgan fingerprint density at radius 3 is 2.77 bits per heavy atom. The minimum absolute atomic E-state index is 0.0804.